The Morgan fingerprint density at radius 2 is 1.35 bits per heavy atom. The zero-order valence-electron chi connectivity index (χ0n) is 14.8. The van der Waals surface area contributed by atoms with Crippen molar-refractivity contribution in [2.45, 2.75) is 38.0 Å². The summed E-state index contributed by atoms with van der Waals surface area (Å²) in [5.41, 5.74) is -0.394. The number of imide groups is 1. The Labute approximate surface area is 152 Å². The molecule has 1 fully saturated rings. The van der Waals surface area contributed by atoms with Crippen LogP contribution >= 0.6 is 0 Å². The lowest BCUT2D eigenvalue weighted by Crippen LogP contribution is -2.56. The molecule has 2 aliphatic heterocycles. The van der Waals surface area contributed by atoms with Gasteiger partial charge in [0.2, 0.25) is 0 Å². The molecule has 0 bridgehead atoms. The molecule has 0 aliphatic carbocycles. The minimum atomic E-state index is -1.20. The van der Waals surface area contributed by atoms with E-state index in [1.54, 1.807) is 18.9 Å². The highest BCUT2D eigenvalue weighted by Crippen LogP contribution is 2.47. The van der Waals surface area contributed by atoms with Crippen LogP contribution in [0, 0.1) is 0 Å². The van der Waals surface area contributed by atoms with E-state index in [-0.39, 0.29) is 18.4 Å². The molecule has 1 saturated heterocycles. The molecule has 2 aliphatic rings. The normalized spacial score (nSPS) is 27.3. The molecule has 2 aromatic carbocycles. The lowest BCUT2D eigenvalue weighted by Gasteiger charge is -2.33. The quantitative estimate of drug-likeness (QED) is 0.798. The van der Waals surface area contributed by atoms with E-state index in [9.17, 15) is 9.59 Å². The first kappa shape index (κ1) is 16.4. The van der Waals surface area contributed by atoms with Crippen molar-refractivity contribution in [1.29, 1.82) is 0 Å². The summed E-state index contributed by atoms with van der Waals surface area (Å²) in [6.45, 7) is 4.14. The van der Waals surface area contributed by atoms with Gasteiger partial charge in [0.05, 0.1) is 13.1 Å². The van der Waals surface area contributed by atoms with E-state index < -0.39 is 11.1 Å². The molecule has 2 heterocycles. The van der Waals surface area contributed by atoms with Gasteiger partial charge in [-0.3, -0.25) is 19.5 Å². The van der Waals surface area contributed by atoms with Crippen molar-refractivity contribution in [2.75, 3.05) is 0 Å². The molecule has 0 spiro atoms. The topological polar surface area (TPSA) is 65.3 Å². The van der Waals surface area contributed by atoms with Gasteiger partial charge in [-0.1, -0.05) is 65.9 Å². The molecule has 2 atom stereocenters. The van der Waals surface area contributed by atoms with Crippen LogP contribution in [-0.4, -0.2) is 32.8 Å². The standard InChI is InChI=1S/C20H20N4O2/c1-19-17(25)23(13-15-9-5-3-6-10-15)18(26)20(19,2)24(22-21-19)14-16-11-7-4-8-12-16/h3-12H,13-14H2,1-2H3. The SMILES string of the molecule is CC12N=NN(Cc3ccccc3)C1(C)C(=O)N(Cc1ccccc1)C2=O. The van der Waals surface area contributed by atoms with Gasteiger partial charge in [0.25, 0.3) is 11.8 Å². The largest absolute Gasteiger partial charge is 0.274 e. The summed E-state index contributed by atoms with van der Waals surface area (Å²) in [5.74, 6) is -0.553. The molecule has 0 aromatic heterocycles. The van der Waals surface area contributed by atoms with Crippen LogP contribution in [0.5, 0.6) is 0 Å². The van der Waals surface area contributed by atoms with E-state index >= 15 is 0 Å². The third-order valence-corrected chi connectivity index (χ3v) is 5.50. The fourth-order valence-electron chi connectivity index (χ4n) is 3.62. The van der Waals surface area contributed by atoms with E-state index in [0.717, 1.165) is 11.1 Å². The first-order chi connectivity index (χ1) is 12.5. The summed E-state index contributed by atoms with van der Waals surface area (Å²) in [6, 6.07) is 19.3. The molecule has 6 nitrogen and oxygen atoms in total. The highest BCUT2D eigenvalue weighted by Gasteiger charge is 2.71. The Bertz CT molecular complexity index is 883. The summed E-state index contributed by atoms with van der Waals surface area (Å²) in [5, 5.41) is 10.1. The van der Waals surface area contributed by atoms with Crippen LogP contribution in [0.4, 0.5) is 0 Å². The summed E-state index contributed by atoms with van der Waals surface area (Å²) in [7, 11) is 0. The molecule has 0 radical (unpaired) electrons. The van der Waals surface area contributed by atoms with Crippen LogP contribution in [0.3, 0.4) is 0 Å². The molecule has 0 N–H and O–H groups in total. The molecule has 132 valence electrons. The number of carbonyl (C=O) groups is 2. The smallest absolute Gasteiger partial charge is 0.262 e. The van der Waals surface area contributed by atoms with Gasteiger partial charge < -0.3 is 0 Å². The minimum absolute atomic E-state index is 0.248. The lowest BCUT2D eigenvalue weighted by atomic mass is 9.82. The molecule has 2 unspecified atom stereocenters. The van der Waals surface area contributed by atoms with Gasteiger partial charge in [-0.05, 0) is 25.0 Å². The molecule has 0 saturated carbocycles. The Hall–Kier alpha value is -3.02. The van der Waals surface area contributed by atoms with Crippen molar-refractivity contribution in [3.8, 4) is 0 Å². The number of nitrogens with zero attached hydrogens (tertiary/aromatic N) is 4. The van der Waals surface area contributed by atoms with Crippen LogP contribution in [0.1, 0.15) is 25.0 Å². The summed E-state index contributed by atoms with van der Waals surface area (Å²) in [4.78, 5) is 27.6. The van der Waals surface area contributed by atoms with Crippen molar-refractivity contribution >= 4 is 11.8 Å². The maximum absolute atomic E-state index is 13.3. The number of hydrogen-bond acceptors (Lipinski definition) is 5. The van der Waals surface area contributed by atoms with E-state index in [2.05, 4.69) is 10.3 Å². The predicted molar refractivity (Wildman–Crippen MR) is 95.7 cm³/mol. The zero-order valence-corrected chi connectivity index (χ0v) is 14.8. The van der Waals surface area contributed by atoms with Crippen molar-refractivity contribution in [3.05, 3.63) is 71.8 Å². The number of carbonyl (C=O) groups excluding carboxylic acids is 2. The van der Waals surface area contributed by atoms with Crippen molar-refractivity contribution in [2.24, 2.45) is 10.3 Å². The summed E-state index contributed by atoms with van der Waals surface area (Å²) < 4.78 is 0. The average molecular weight is 348 g/mol. The van der Waals surface area contributed by atoms with Crippen LogP contribution in [0.2, 0.25) is 0 Å². The van der Waals surface area contributed by atoms with Crippen molar-refractivity contribution in [1.82, 2.24) is 9.91 Å². The predicted octanol–water partition coefficient (Wildman–Crippen LogP) is 2.96. The summed E-state index contributed by atoms with van der Waals surface area (Å²) in [6.07, 6.45) is 0. The van der Waals surface area contributed by atoms with Crippen molar-refractivity contribution in [3.63, 3.8) is 0 Å². The van der Waals surface area contributed by atoms with Gasteiger partial charge in [0.15, 0.2) is 11.1 Å². The molecule has 4 rings (SSSR count). The van der Waals surface area contributed by atoms with Crippen molar-refractivity contribution < 1.29 is 9.59 Å². The van der Waals surface area contributed by atoms with Crippen LogP contribution in [-0.2, 0) is 22.7 Å². The number of rotatable bonds is 4. The highest BCUT2D eigenvalue weighted by atomic mass is 16.2. The fourth-order valence-corrected chi connectivity index (χ4v) is 3.62. The Kier molecular flexibility index (Phi) is 3.64. The molecule has 2 amide bonds. The van der Waals surface area contributed by atoms with Gasteiger partial charge in [0, 0.05) is 0 Å². The van der Waals surface area contributed by atoms with Gasteiger partial charge >= 0.3 is 0 Å². The van der Waals surface area contributed by atoms with Gasteiger partial charge in [-0.15, -0.1) is 0 Å². The average Bonchev–Trinajstić information content (AvgIpc) is 3.00. The Balaban J connectivity index is 1.66. The lowest BCUT2D eigenvalue weighted by molar-refractivity contribution is -0.143. The third-order valence-electron chi connectivity index (χ3n) is 5.50. The van der Waals surface area contributed by atoms with Crippen LogP contribution in [0.15, 0.2) is 71.0 Å². The number of hydrogen-bond donors (Lipinski definition) is 0. The first-order valence-electron chi connectivity index (χ1n) is 8.61. The van der Waals surface area contributed by atoms with Gasteiger partial charge in [-0.25, -0.2) is 0 Å². The summed E-state index contributed by atoms with van der Waals surface area (Å²) >= 11 is 0. The number of benzene rings is 2. The highest BCUT2D eigenvalue weighted by molar-refractivity contribution is 6.14. The van der Waals surface area contributed by atoms with E-state index in [1.165, 1.54) is 4.90 Å². The zero-order chi connectivity index (χ0) is 18.4. The number of amides is 2. The second kappa shape index (κ2) is 5.76. The van der Waals surface area contributed by atoms with E-state index in [0.29, 0.717) is 6.54 Å². The third kappa shape index (κ3) is 2.18. The molecule has 6 heteroatoms. The second-order valence-electron chi connectivity index (χ2n) is 7.06. The van der Waals surface area contributed by atoms with E-state index in [4.69, 9.17) is 0 Å². The molecular weight excluding hydrogens is 328 g/mol. The fraction of sp³-hybridized carbons (Fsp3) is 0.300. The van der Waals surface area contributed by atoms with Crippen LogP contribution in [0.25, 0.3) is 0 Å². The van der Waals surface area contributed by atoms with Crippen LogP contribution < -0.4 is 0 Å². The molecule has 26 heavy (non-hydrogen) atoms. The van der Waals surface area contributed by atoms with Gasteiger partial charge in [0.1, 0.15) is 0 Å². The molecule has 2 aromatic rings. The van der Waals surface area contributed by atoms with Gasteiger partial charge in [-0.2, -0.15) is 5.11 Å². The molecular formula is C20H20N4O2. The maximum atomic E-state index is 13.3. The Morgan fingerprint density at radius 3 is 1.92 bits per heavy atom. The van der Waals surface area contributed by atoms with E-state index in [1.807, 2.05) is 60.7 Å². The Morgan fingerprint density at radius 1 is 0.808 bits per heavy atom. The monoisotopic (exact) mass is 348 g/mol. The minimum Gasteiger partial charge on any atom is -0.274 e. The second-order valence-corrected chi connectivity index (χ2v) is 7.06. The maximum Gasteiger partial charge on any atom is 0.262 e. The number of fused-ring (bicyclic) bond motifs is 1. The first-order valence-corrected chi connectivity index (χ1v) is 8.61. The number of likely N-dealkylation sites (tertiary alicyclic amines) is 1.